The molecule has 0 bridgehead atoms. The van der Waals surface area contributed by atoms with Crippen molar-refractivity contribution in [2.24, 2.45) is 0 Å². The van der Waals surface area contributed by atoms with Crippen LogP contribution in [-0.4, -0.2) is 58.9 Å². The molecular formula is C14H16N4OS. The molecule has 1 fully saturated rings. The van der Waals surface area contributed by atoms with Crippen LogP contribution in [-0.2, 0) is 0 Å². The summed E-state index contributed by atoms with van der Waals surface area (Å²) in [6.45, 7) is 3.39. The molecule has 1 saturated heterocycles. The highest BCUT2D eigenvalue weighted by Crippen LogP contribution is 2.23. The number of carbonyl (C=O) groups excluding carboxylic acids is 1. The van der Waals surface area contributed by atoms with Crippen molar-refractivity contribution in [3.8, 4) is 10.6 Å². The fourth-order valence-corrected chi connectivity index (χ4v) is 2.95. The van der Waals surface area contributed by atoms with E-state index in [0.29, 0.717) is 5.69 Å². The van der Waals surface area contributed by atoms with E-state index < -0.39 is 0 Å². The maximum atomic E-state index is 12.4. The van der Waals surface area contributed by atoms with Crippen LogP contribution in [0.1, 0.15) is 10.5 Å². The molecule has 6 heteroatoms. The van der Waals surface area contributed by atoms with Crippen LogP contribution in [0.25, 0.3) is 10.6 Å². The van der Waals surface area contributed by atoms with E-state index in [4.69, 9.17) is 0 Å². The highest BCUT2D eigenvalue weighted by atomic mass is 32.1. The van der Waals surface area contributed by atoms with Gasteiger partial charge < -0.3 is 9.80 Å². The first-order chi connectivity index (χ1) is 9.74. The van der Waals surface area contributed by atoms with Crippen LogP contribution < -0.4 is 0 Å². The molecule has 0 atom stereocenters. The SMILES string of the molecule is CN1CCN(C(=O)c2csc(-c3cccnc3)n2)CC1. The number of piperazine rings is 1. The third-order valence-electron chi connectivity index (χ3n) is 3.42. The molecule has 0 N–H and O–H groups in total. The van der Waals surface area contributed by atoms with Crippen LogP contribution in [0.3, 0.4) is 0 Å². The Hall–Kier alpha value is -1.79. The average Bonchev–Trinajstić information content (AvgIpc) is 2.98. The summed E-state index contributed by atoms with van der Waals surface area (Å²) in [5.41, 5.74) is 1.49. The average molecular weight is 288 g/mol. The van der Waals surface area contributed by atoms with E-state index in [-0.39, 0.29) is 5.91 Å². The highest BCUT2D eigenvalue weighted by Gasteiger charge is 2.22. The van der Waals surface area contributed by atoms with Gasteiger partial charge in [-0.25, -0.2) is 4.98 Å². The Labute approximate surface area is 121 Å². The molecule has 0 radical (unpaired) electrons. The smallest absolute Gasteiger partial charge is 0.273 e. The molecule has 0 aliphatic carbocycles. The molecule has 104 valence electrons. The van der Waals surface area contributed by atoms with Gasteiger partial charge in [0.1, 0.15) is 10.7 Å². The number of pyridine rings is 1. The van der Waals surface area contributed by atoms with Gasteiger partial charge in [-0.2, -0.15) is 0 Å². The maximum Gasteiger partial charge on any atom is 0.273 e. The van der Waals surface area contributed by atoms with Gasteiger partial charge in [0.15, 0.2) is 0 Å². The van der Waals surface area contributed by atoms with Gasteiger partial charge in [0.05, 0.1) is 0 Å². The molecule has 0 spiro atoms. The molecule has 0 aromatic carbocycles. The molecule has 3 heterocycles. The highest BCUT2D eigenvalue weighted by molar-refractivity contribution is 7.13. The molecule has 1 amide bonds. The molecule has 1 aliphatic heterocycles. The van der Waals surface area contributed by atoms with Gasteiger partial charge in [-0.15, -0.1) is 11.3 Å². The quantitative estimate of drug-likeness (QED) is 0.842. The van der Waals surface area contributed by atoms with E-state index in [1.54, 1.807) is 12.4 Å². The predicted octanol–water partition coefficient (Wildman–Crippen LogP) is 1.59. The number of rotatable bonds is 2. The first-order valence-corrected chi connectivity index (χ1v) is 7.46. The number of hydrogen-bond acceptors (Lipinski definition) is 5. The fourth-order valence-electron chi connectivity index (χ4n) is 2.17. The fraction of sp³-hybridized carbons (Fsp3) is 0.357. The van der Waals surface area contributed by atoms with Crippen molar-refractivity contribution in [1.29, 1.82) is 0 Å². The first kappa shape index (κ1) is 13.2. The zero-order valence-corrected chi connectivity index (χ0v) is 12.1. The Morgan fingerprint density at radius 2 is 2.10 bits per heavy atom. The van der Waals surface area contributed by atoms with E-state index >= 15 is 0 Å². The Balaban J connectivity index is 1.75. The molecular weight excluding hydrogens is 272 g/mol. The van der Waals surface area contributed by atoms with Crippen molar-refractivity contribution < 1.29 is 4.79 Å². The van der Waals surface area contributed by atoms with Crippen LogP contribution in [0.2, 0.25) is 0 Å². The second-order valence-electron chi connectivity index (χ2n) is 4.88. The summed E-state index contributed by atoms with van der Waals surface area (Å²) in [6.07, 6.45) is 3.50. The van der Waals surface area contributed by atoms with Gasteiger partial charge in [-0.05, 0) is 19.2 Å². The molecule has 3 rings (SSSR count). The number of nitrogens with zero attached hydrogens (tertiary/aromatic N) is 4. The van der Waals surface area contributed by atoms with Gasteiger partial charge in [-0.1, -0.05) is 0 Å². The van der Waals surface area contributed by atoms with E-state index in [0.717, 1.165) is 36.8 Å². The van der Waals surface area contributed by atoms with Gasteiger partial charge in [-0.3, -0.25) is 9.78 Å². The van der Waals surface area contributed by atoms with E-state index in [1.165, 1.54) is 11.3 Å². The lowest BCUT2D eigenvalue weighted by molar-refractivity contribution is 0.0659. The molecule has 2 aromatic rings. The summed E-state index contributed by atoms with van der Waals surface area (Å²) < 4.78 is 0. The minimum atomic E-state index is 0.0319. The summed E-state index contributed by atoms with van der Waals surface area (Å²) in [5.74, 6) is 0.0319. The van der Waals surface area contributed by atoms with E-state index in [9.17, 15) is 4.79 Å². The number of aromatic nitrogens is 2. The van der Waals surface area contributed by atoms with Crippen LogP contribution >= 0.6 is 11.3 Å². The third-order valence-corrected chi connectivity index (χ3v) is 4.31. The monoisotopic (exact) mass is 288 g/mol. The number of thiazole rings is 1. The largest absolute Gasteiger partial charge is 0.335 e. The van der Waals surface area contributed by atoms with Gasteiger partial charge in [0, 0.05) is 49.5 Å². The lowest BCUT2D eigenvalue weighted by Gasteiger charge is -2.31. The summed E-state index contributed by atoms with van der Waals surface area (Å²) in [6, 6.07) is 3.83. The Morgan fingerprint density at radius 3 is 2.80 bits per heavy atom. The summed E-state index contributed by atoms with van der Waals surface area (Å²) in [4.78, 5) is 25.0. The standard InChI is InChI=1S/C14H16N4OS/c1-17-5-7-18(8-6-17)14(19)12-10-20-13(16-12)11-3-2-4-15-9-11/h2-4,9-10H,5-8H2,1H3. The lowest BCUT2D eigenvalue weighted by Crippen LogP contribution is -2.47. The number of hydrogen-bond donors (Lipinski definition) is 0. The van der Waals surface area contributed by atoms with Crippen molar-refractivity contribution in [3.63, 3.8) is 0 Å². The van der Waals surface area contributed by atoms with Gasteiger partial charge in [0.25, 0.3) is 5.91 Å². The predicted molar refractivity (Wildman–Crippen MR) is 78.7 cm³/mol. The third kappa shape index (κ3) is 2.71. The topological polar surface area (TPSA) is 49.3 Å². The van der Waals surface area contributed by atoms with Crippen LogP contribution in [0.4, 0.5) is 0 Å². The summed E-state index contributed by atoms with van der Waals surface area (Å²) >= 11 is 1.49. The van der Waals surface area contributed by atoms with Crippen molar-refractivity contribution in [1.82, 2.24) is 19.8 Å². The number of likely N-dealkylation sites (N-methyl/N-ethyl adjacent to an activating group) is 1. The van der Waals surface area contributed by atoms with Crippen LogP contribution in [0, 0.1) is 0 Å². The summed E-state index contributed by atoms with van der Waals surface area (Å²) in [5, 5.41) is 2.68. The van der Waals surface area contributed by atoms with Crippen LogP contribution in [0.5, 0.6) is 0 Å². The second kappa shape index (κ2) is 5.68. The molecule has 20 heavy (non-hydrogen) atoms. The number of carbonyl (C=O) groups is 1. The minimum absolute atomic E-state index is 0.0319. The molecule has 0 saturated carbocycles. The van der Waals surface area contributed by atoms with Gasteiger partial charge in [0.2, 0.25) is 0 Å². The zero-order valence-electron chi connectivity index (χ0n) is 11.3. The molecule has 1 aliphatic rings. The van der Waals surface area contributed by atoms with Gasteiger partial charge >= 0.3 is 0 Å². The van der Waals surface area contributed by atoms with E-state index in [2.05, 4.69) is 21.9 Å². The molecule has 2 aromatic heterocycles. The Kier molecular flexibility index (Phi) is 3.75. The normalized spacial score (nSPS) is 16.4. The second-order valence-corrected chi connectivity index (χ2v) is 5.73. The van der Waals surface area contributed by atoms with E-state index in [1.807, 2.05) is 22.4 Å². The lowest BCUT2D eigenvalue weighted by atomic mass is 10.3. The Morgan fingerprint density at radius 1 is 1.30 bits per heavy atom. The minimum Gasteiger partial charge on any atom is -0.335 e. The zero-order chi connectivity index (χ0) is 13.9. The first-order valence-electron chi connectivity index (χ1n) is 6.58. The van der Waals surface area contributed by atoms with Crippen molar-refractivity contribution in [3.05, 3.63) is 35.6 Å². The molecule has 0 unspecified atom stereocenters. The summed E-state index contributed by atoms with van der Waals surface area (Å²) in [7, 11) is 2.07. The molecule has 5 nitrogen and oxygen atoms in total. The maximum absolute atomic E-state index is 12.4. The van der Waals surface area contributed by atoms with Crippen LogP contribution in [0.15, 0.2) is 29.9 Å². The van der Waals surface area contributed by atoms with Crippen molar-refractivity contribution >= 4 is 17.2 Å². The van der Waals surface area contributed by atoms with Crippen molar-refractivity contribution in [2.45, 2.75) is 0 Å². The Bertz CT molecular complexity index is 590. The number of amides is 1. The van der Waals surface area contributed by atoms with Crippen molar-refractivity contribution in [2.75, 3.05) is 33.2 Å².